The van der Waals surface area contributed by atoms with Crippen LogP contribution in [0.3, 0.4) is 0 Å². The summed E-state index contributed by atoms with van der Waals surface area (Å²) >= 11 is 0. The molecule has 0 fully saturated rings. The Morgan fingerprint density at radius 3 is 2.53 bits per heavy atom. The molecule has 0 spiro atoms. The van der Waals surface area contributed by atoms with Crippen molar-refractivity contribution in [2.45, 2.75) is 19.9 Å². The molecule has 0 aromatic heterocycles. The van der Waals surface area contributed by atoms with Crippen LogP contribution >= 0.6 is 0 Å². The summed E-state index contributed by atoms with van der Waals surface area (Å²) in [5.41, 5.74) is 0.159. The average molecular weight is 241 g/mol. The van der Waals surface area contributed by atoms with E-state index in [4.69, 9.17) is 9.84 Å². The number of carboxylic acid groups (broad SMARTS) is 1. The second kappa shape index (κ2) is 5.52. The highest BCUT2D eigenvalue weighted by Gasteiger charge is 2.22. The summed E-state index contributed by atoms with van der Waals surface area (Å²) in [6.07, 6.45) is 0. The molecule has 1 rings (SSSR count). The van der Waals surface area contributed by atoms with Crippen molar-refractivity contribution in [3.8, 4) is 5.75 Å². The van der Waals surface area contributed by atoms with Crippen molar-refractivity contribution in [3.05, 3.63) is 24.0 Å². The van der Waals surface area contributed by atoms with Crippen LogP contribution in [0.2, 0.25) is 0 Å². The largest absolute Gasteiger partial charge is 0.497 e. The van der Waals surface area contributed by atoms with Crippen LogP contribution in [0.4, 0.5) is 10.1 Å². The number of benzene rings is 1. The third-order valence-corrected chi connectivity index (χ3v) is 2.42. The number of ether oxygens (including phenoxy) is 1. The van der Waals surface area contributed by atoms with E-state index in [-0.39, 0.29) is 11.6 Å². The zero-order valence-electron chi connectivity index (χ0n) is 10.0. The van der Waals surface area contributed by atoms with Gasteiger partial charge in [0.25, 0.3) is 0 Å². The molecular formula is C12H16FNO3. The molecule has 0 amide bonds. The van der Waals surface area contributed by atoms with Crippen molar-refractivity contribution >= 4 is 11.7 Å². The monoisotopic (exact) mass is 241 g/mol. The predicted octanol–water partition coefficient (Wildman–Crippen LogP) is 2.36. The topological polar surface area (TPSA) is 58.6 Å². The lowest BCUT2D eigenvalue weighted by Crippen LogP contribution is -2.34. The van der Waals surface area contributed by atoms with Gasteiger partial charge in [0, 0.05) is 6.07 Å². The Labute approximate surface area is 99.4 Å². The molecule has 4 nitrogen and oxygen atoms in total. The highest BCUT2D eigenvalue weighted by atomic mass is 19.1. The lowest BCUT2D eigenvalue weighted by Gasteiger charge is -2.19. The maximum Gasteiger partial charge on any atom is 0.326 e. The molecule has 1 aromatic carbocycles. The maximum absolute atomic E-state index is 13.6. The Morgan fingerprint density at radius 1 is 1.47 bits per heavy atom. The fraction of sp³-hybridized carbons (Fsp3) is 0.417. The molecular weight excluding hydrogens is 225 g/mol. The molecule has 1 atom stereocenters. The number of anilines is 1. The van der Waals surface area contributed by atoms with Gasteiger partial charge in [0.2, 0.25) is 0 Å². The molecule has 94 valence electrons. The summed E-state index contributed by atoms with van der Waals surface area (Å²) in [5.74, 6) is -1.29. The van der Waals surface area contributed by atoms with E-state index in [0.717, 1.165) is 0 Å². The Kier molecular flexibility index (Phi) is 4.31. The van der Waals surface area contributed by atoms with E-state index >= 15 is 0 Å². The number of aliphatic carboxylic acids is 1. The van der Waals surface area contributed by atoms with Gasteiger partial charge in [-0.25, -0.2) is 9.18 Å². The van der Waals surface area contributed by atoms with Crippen molar-refractivity contribution in [2.24, 2.45) is 5.92 Å². The zero-order valence-corrected chi connectivity index (χ0v) is 10.0. The molecule has 0 radical (unpaired) electrons. The molecule has 0 saturated heterocycles. The van der Waals surface area contributed by atoms with Crippen molar-refractivity contribution in [2.75, 3.05) is 12.4 Å². The number of halogens is 1. The molecule has 0 bridgehead atoms. The molecule has 0 aliphatic carbocycles. The Balaban J connectivity index is 2.90. The number of carbonyl (C=O) groups is 1. The minimum Gasteiger partial charge on any atom is -0.497 e. The first-order valence-electron chi connectivity index (χ1n) is 5.28. The molecule has 5 heteroatoms. The van der Waals surface area contributed by atoms with Crippen molar-refractivity contribution in [3.63, 3.8) is 0 Å². The highest BCUT2D eigenvalue weighted by molar-refractivity contribution is 5.77. The van der Waals surface area contributed by atoms with E-state index < -0.39 is 17.8 Å². The molecule has 0 heterocycles. The number of carboxylic acids is 1. The fourth-order valence-electron chi connectivity index (χ4n) is 1.42. The summed E-state index contributed by atoms with van der Waals surface area (Å²) in [4.78, 5) is 11.0. The van der Waals surface area contributed by atoms with Crippen LogP contribution in [-0.4, -0.2) is 24.2 Å². The maximum atomic E-state index is 13.6. The first-order valence-corrected chi connectivity index (χ1v) is 5.28. The van der Waals surface area contributed by atoms with Crippen LogP contribution in [0.5, 0.6) is 5.75 Å². The van der Waals surface area contributed by atoms with E-state index in [0.29, 0.717) is 5.75 Å². The molecule has 0 saturated carbocycles. The van der Waals surface area contributed by atoms with Gasteiger partial charge in [-0.2, -0.15) is 0 Å². The minimum atomic E-state index is -1.00. The second-order valence-electron chi connectivity index (χ2n) is 4.05. The number of hydrogen-bond donors (Lipinski definition) is 2. The number of methoxy groups -OCH3 is 1. The van der Waals surface area contributed by atoms with Crippen LogP contribution in [-0.2, 0) is 4.79 Å². The van der Waals surface area contributed by atoms with Gasteiger partial charge >= 0.3 is 5.97 Å². The third-order valence-electron chi connectivity index (χ3n) is 2.42. The third kappa shape index (κ3) is 3.34. The Bertz CT molecular complexity index is 407. The molecule has 0 unspecified atom stereocenters. The van der Waals surface area contributed by atoms with Crippen LogP contribution in [0.15, 0.2) is 18.2 Å². The van der Waals surface area contributed by atoms with E-state index in [1.807, 2.05) is 0 Å². The molecule has 2 N–H and O–H groups in total. The number of hydrogen-bond acceptors (Lipinski definition) is 3. The summed E-state index contributed by atoms with van der Waals surface area (Å²) in [5, 5.41) is 11.7. The van der Waals surface area contributed by atoms with Crippen LogP contribution in [0.1, 0.15) is 13.8 Å². The van der Waals surface area contributed by atoms with Crippen molar-refractivity contribution in [1.29, 1.82) is 0 Å². The summed E-state index contributed by atoms with van der Waals surface area (Å²) < 4.78 is 18.5. The standard InChI is InChI=1S/C12H16FNO3/c1-7(2)11(12(15)16)14-10-5-4-8(17-3)6-9(10)13/h4-7,11,14H,1-3H3,(H,15,16)/t11-/m0/s1. The lowest BCUT2D eigenvalue weighted by atomic mass is 10.0. The van der Waals surface area contributed by atoms with Crippen LogP contribution in [0, 0.1) is 11.7 Å². The zero-order chi connectivity index (χ0) is 13.0. The smallest absolute Gasteiger partial charge is 0.326 e. The fourth-order valence-corrected chi connectivity index (χ4v) is 1.42. The quantitative estimate of drug-likeness (QED) is 0.830. The van der Waals surface area contributed by atoms with Gasteiger partial charge in [0.05, 0.1) is 12.8 Å². The molecule has 0 aliphatic rings. The van der Waals surface area contributed by atoms with Gasteiger partial charge in [0.15, 0.2) is 0 Å². The summed E-state index contributed by atoms with van der Waals surface area (Å²) in [6, 6.07) is 3.43. The van der Waals surface area contributed by atoms with Gasteiger partial charge in [-0.15, -0.1) is 0 Å². The normalized spacial score (nSPS) is 12.3. The average Bonchev–Trinajstić information content (AvgIpc) is 2.26. The second-order valence-corrected chi connectivity index (χ2v) is 4.05. The highest BCUT2D eigenvalue weighted by Crippen LogP contribution is 2.22. The predicted molar refractivity (Wildman–Crippen MR) is 62.8 cm³/mol. The van der Waals surface area contributed by atoms with E-state index in [1.54, 1.807) is 19.9 Å². The van der Waals surface area contributed by atoms with Crippen LogP contribution in [0.25, 0.3) is 0 Å². The number of nitrogens with one attached hydrogen (secondary N) is 1. The summed E-state index contributed by atoms with van der Waals surface area (Å²) in [7, 11) is 1.44. The SMILES string of the molecule is COc1ccc(N[C@H](C(=O)O)C(C)C)c(F)c1. The van der Waals surface area contributed by atoms with Gasteiger partial charge in [-0.3, -0.25) is 0 Å². The van der Waals surface area contributed by atoms with Crippen molar-refractivity contribution in [1.82, 2.24) is 0 Å². The summed E-state index contributed by atoms with van der Waals surface area (Å²) in [6.45, 7) is 3.51. The first-order chi connectivity index (χ1) is 7.95. The van der Waals surface area contributed by atoms with E-state index in [1.165, 1.54) is 19.2 Å². The number of rotatable bonds is 5. The Morgan fingerprint density at radius 2 is 2.12 bits per heavy atom. The van der Waals surface area contributed by atoms with Crippen molar-refractivity contribution < 1.29 is 19.0 Å². The van der Waals surface area contributed by atoms with Gasteiger partial charge < -0.3 is 15.2 Å². The lowest BCUT2D eigenvalue weighted by molar-refractivity contribution is -0.138. The minimum absolute atomic E-state index is 0.144. The van der Waals surface area contributed by atoms with E-state index in [2.05, 4.69) is 5.32 Å². The van der Waals surface area contributed by atoms with Crippen LogP contribution < -0.4 is 10.1 Å². The van der Waals surface area contributed by atoms with Gasteiger partial charge in [0.1, 0.15) is 17.6 Å². The van der Waals surface area contributed by atoms with E-state index in [9.17, 15) is 9.18 Å². The molecule has 1 aromatic rings. The molecule has 17 heavy (non-hydrogen) atoms. The van der Waals surface area contributed by atoms with Gasteiger partial charge in [-0.05, 0) is 18.1 Å². The Hall–Kier alpha value is -1.78. The molecule has 0 aliphatic heterocycles. The van der Waals surface area contributed by atoms with Gasteiger partial charge in [-0.1, -0.05) is 13.8 Å². The first kappa shape index (κ1) is 13.3.